The number of halogens is 1. The zero-order valence-corrected chi connectivity index (χ0v) is 90.0. The number of alkyl carbamates (subject to hydrolysis) is 2. The number of amides is 5. The maximum absolute atomic E-state index is 15.3. The van der Waals surface area contributed by atoms with Crippen LogP contribution in [-0.4, -0.2) is 160 Å². The van der Waals surface area contributed by atoms with Crippen LogP contribution in [0.5, 0.6) is 0 Å². The van der Waals surface area contributed by atoms with E-state index in [1.54, 1.807) is 90.1 Å². The number of hydrogen-bond donors (Lipinski definition) is 5. The highest BCUT2D eigenvalue weighted by molar-refractivity contribution is 8.70. The number of nitrogens with one attached hydrogen (secondary N) is 5. The number of para-hydroxylation sites is 1. The predicted octanol–water partition coefficient (Wildman–Crippen LogP) is 18.7. The van der Waals surface area contributed by atoms with Gasteiger partial charge in [0.2, 0.25) is 11.8 Å². The minimum absolute atomic E-state index is 0.0168. The van der Waals surface area contributed by atoms with Gasteiger partial charge in [-0.25, -0.2) is 19.2 Å². The molecule has 25 nitrogen and oxygen atoms in total. The summed E-state index contributed by atoms with van der Waals surface area (Å²) in [4.78, 5) is 134. The summed E-state index contributed by atoms with van der Waals surface area (Å²) in [6.45, 7) is 36.5. The molecular weight excluding hydrogens is 1950 g/mol. The molecule has 5 N–H and O–H groups in total. The third-order valence-electron chi connectivity index (χ3n) is 26.0. The molecule has 7 aromatic carbocycles. The lowest BCUT2D eigenvalue weighted by atomic mass is 9.77. The summed E-state index contributed by atoms with van der Waals surface area (Å²) >= 11 is 15.9. The van der Waals surface area contributed by atoms with Crippen LogP contribution in [-0.2, 0) is 153 Å². The molecule has 2 aliphatic heterocycles. The van der Waals surface area contributed by atoms with Gasteiger partial charge in [-0.15, -0.1) is 0 Å². The number of nitrogens with zero attached hydrogens (tertiary/aromatic N) is 4. The normalized spacial score (nSPS) is 19.0. The number of benzene rings is 7. The van der Waals surface area contributed by atoms with Crippen LogP contribution >= 0.6 is 20.8 Å². The monoisotopic (exact) mass is 2070 g/mol. The summed E-state index contributed by atoms with van der Waals surface area (Å²) in [7, 11) is 9.33. The number of ketones is 1. The number of likely N-dealkylation sites (tertiary alicyclic amines) is 1. The van der Waals surface area contributed by atoms with Gasteiger partial charge in [-0.3, -0.25) is 24.0 Å². The highest BCUT2D eigenvalue weighted by Gasteiger charge is 2.62. The van der Waals surface area contributed by atoms with Crippen LogP contribution in [0.2, 0.25) is 23.2 Å². The van der Waals surface area contributed by atoms with Gasteiger partial charge in [0, 0.05) is 151 Å². The number of Topliss-reactive ketones (excluding diaryl/α,β-unsaturated/α-hetero) is 1. The molecule has 7 aromatic rings. The Bertz CT molecular complexity index is 5770. The molecule has 5 amide bonds. The number of unbranched alkanes of at least 4 members (excludes halogenated alkanes) is 1. The zero-order chi connectivity index (χ0) is 100. The molecule has 736 valence electrons. The maximum Gasteiger partial charge on any atom is 0.407 e. The van der Waals surface area contributed by atoms with Crippen LogP contribution in [0.3, 0.4) is 0 Å². The third kappa shape index (κ3) is 27.9. The minimum Gasteiger partial charge on any atom is -0.461 e. The van der Waals surface area contributed by atoms with Crippen molar-refractivity contribution in [3.63, 3.8) is 0 Å². The third-order valence-corrected chi connectivity index (χ3v) is 42.7. The number of hydrogen-bond acceptors (Lipinski definition) is 20. The maximum atomic E-state index is 15.3. The van der Waals surface area contributed by atoms with Gasteiger partial charge in [0.1, 0.15) is 37.9 Å². The number of piperidine rings is 1. The van der Waals surface area contributed by atoms with Gasteiger partial charge in [-0.1, -0.05) is 278 Å². The first-order valence-electron chi connectivity index (χ1n) is 46.0. The second kappa shape index (κ2) is 49.9. The van der Waals surface area contributed by atoms with Gasteiger partial charge in [-0.05, 0) is 164 Å². The Morgan fingerprint density at radius 2 is 1.18 bits per heavy atom. The van der Waals surface area contributed by atoms with Crippen molar-refractivity contribution in [3.8, 4) is 22.3 Å². The molecule has 2 heterocycles. The van der Waals surface area contributed by atoms with Crippen molar-refractivity contribution >= 4 is 164 Å². The highest BCUT2D eigenvalue weighted by atomic mass is 35.5. The Labute approximate surface area is 840 Å². The summed E-state index contributed by atoms with van der Waals surface area (Å²) in [6.07, 6.45) is -1.19. The van der Waals surface area contributed by atoms with Crippen molar-refractivity contribution in [2.45, 2.75) is 243 Å². The SMILES string of the molecule is C=CCOC(=O)[C@@H]1C[C@@]2(C)c3ccccc3N[C@H]2C1C(=O)[C@H](NC(=O)[C@H](CCCCN=[N+]=[N-])NC(=O)[C@H]1C[C@@H](O[Si](C)(C)C(C)(C)C)CCN1C(=O)[C@@H](OC(=O)[C@H](NC(=O)OCC1c2ccccc2-c2ccccc21)C(C)C)C(C)C)C(C)C.Cc1ccc(C(P)(OC(=O)[C@H](NC(=O)OCC2c3ccccc3-c3ccccc32)[C@H](C)OC(C)(C)C)c2ccccc2Cl)cc1.S=S=S=S=S=S=S=S. The standard InChI is InChI=1S/C64H88N8O11Si.C37H39ClNO5P.S8/c1-14-33-80-60(77)45-35-64(11)47-27-19-20-28-48(47)67-56(64)51(45)54(73)52(37(2)3)69-57(74)49(29-21-22-31-66-71-65)68-58(75)50-34-40(83-84(12,13)63(8,9)10)30-32-72(50)59(76)55(39(6)7)82-61(78)53(38(4)5)70-62(79)81-36-46-43-25-17-15-23-41(43)42-24-16-18-26-44(42)46;1-23-18-20-25(21-19-23)37(45,31-16-10-11-17-32(31)38)44-34(40)33(24(2)43-36(3,4)5)39-35(41)42-22-30-28-14-8-6-12-26(28)27-13-7-9-15-29(27)30;1-3-5-7-8-6-4-2/h14-20,23-28,37-40,45-46,49-53,55-56,67H,1,21-22,29-36H2,2-13H3,(H,68,75)(H,69,74)(H,70,79);6-21,24,30,33H,22,45H2,1-5H3,(H,39,41);/t40-,45+,49-,50+,51?,52+,53+,55-,56-,64-;24-,33+,37?;/m00./s1. The van der Waals surface area contributed by atoms with E-state index >= 15 is 14.4 Å². The van der Waals surface area contributed by atoms with Crippen molar-refractivity contribution in [1.29, 1.82) is 0 Å². The Balaban J connectivity index is 0.000000303. The quantitative estimate of drug-likeness (QED) is 0.00288. The number of ether oxygens (including phenoxy) is 6. The van der Waals surface area contributed by atoms with E-state index in [0.29, 0.717) is 41.8 Å². The summed E-state index contributed by atoms with van der Waals surface area (Å²) < 4.78 is 42.7. The van der Waals surface area contributed by atoms with E-state index < -0.39 is 157 Å². The Kier molecular flexibility index (Phi) is 40.1. The molecule has 1 saturated heterocycles. The van der Waals surface area contributed by atoms with Crippen LogP contribution in [0.15, 0.2) is 188 Å². The Morgan fingerprint density at radius 1 is 0.664 bits per heavy atom. The van der Waals surface area contributed by atoms with Crippen LogP contribution in [0, 0.1) is 36.5 Å². The number of fused-ring (bicyclic) bond motifs is 9. The average Bonchev–Trinajstić information content (AvgIpc) is 1.55. The fraction of sp³-hybridized carbons (Fsp3) is 0.475. The van der Waals surface area contributed by atoms with Gasteiger partial charge in [0.15, 0.2) is 31.6 Å². The lowest BCUT2D eigenvalue weighted by molar-refractivity contribution is -0.169. The molecule has 14 atom stereocenters. The van der Waals surface area contributed by atoms with Crippen molar-refractivity contribution in [1.82, 2.24) is 26.2 Å². The first-order chi connectivity index (χ1) is 65.0. The van der Waals surface area contributed by atoms with Gasteiger partial charge >= 0.3 is 30.1 Å². The largest absolute Gasteiger partial charge is 0.461 e. The van der Waals surface area contributed by atoms with Crippen molar-refractivity contribution in [3.05, 3.63) is 242 Å². The fourth-order valence-electron chi connectivity index (χ4n) is 18.2. The molecule has 137 heavy (non-hydrogen) atoms. The van der Waals surface area contributed by atoms with Crippen LogP contribution < -0.4 is 26.6 Å². The topological polar surface area (TPSA) is 330 Å². The summed E-state index contributed by atoms with van der Waals surface area (Å²) in [5.74, 6) is -8.07. The number of carbonyl (C=O) groups excluding carboxylic acids is 9. The van der Waals surface area contributed by atoms with Gasteiger partial charge < -0.3 is 64.3 Å². The summed E-state index contributed by atoms with van der Waals surface area (Å²) in [6, 6.07) is 48.3. The van der Waals surface area contributed by atoms with E-state index in [9.17, 15) is 28.8 Å². The van der Waals surface area contributed by atoms with Crippen molar-refractivity contribution in [2.75, 3.05) is 38.2 Å². The Morgan fingerprint density at radius 3 is 1.69 bits per heavy atom. The number of aryl methyl sites for hydroxylation is 1. The Hall–Kier alpha value is -8.96. The van der Waals surface area contributed by atoms with Gasteiger partial charge in [-0.2, -0.15) is 0 Å². The highest BCUT2D eigenvalue weighted by Crippen LogP contribution is 2.56. The number of anilines is 1. The van der Waals surface area contributed by atoms with Crippen LogP contribution in [0.25, 0.3) is 32.7 Å². The molecule has 5 aliphatic rings. The van der Waals surface area contributed by atoms with E-state index in [-0.39, 0.29) is 68.4 Å². The number of carbonyl (C=O) groups is 9. The molecule has 0 radical (unpaired) electrons. The summed E-state index contributed by atoms with van der Waals surface area (Å²) in [5, 5.41) is 17.5. The first kappa shape index (κ1) is 110. The molecule has 0 bridgehead atoms. The number of esters is 3. The van der Waals surface area contributed by atoms with Crippen molar-refractivity contribution in [2.24, 2.45) is 34.7 Å². The van der Waals surface area contributed by atoms with Crippen LogP contribution in [0.4, 0.5) is 15.3 Å². The molecule has 2 fully saturated rings. The molecule has 0 spiro atoms. The van der Waals surface area contributed by atoms with Gasteiger partial charge in [0.05, 0.1) is 29.6 Å². The number of azide groups is 1. The zero-order valence-electron chi connectivity index (χ0n) is 80.5. The number of rotatable bonds is 34. The molecule has 3 unspecified atom stereocenters. The average molecular weight is 2070 g/mol. The smallest absolute Gasteiger partial charge is 0.407 e. The van der Waals surface area contributed by atoms with Crippen LogP contribution in [0.1, 0.15) is 192 Å². The first-order valence-corrected chi connectivity index (χ1v) is 59.2. The second-order valence-corrected chi connectivity index (χ2v) is 55.2. The molecule has 12 rings (SSSR count). The van der Waals surface area contributed by atoms with Crippen molar-refractivity contribution < 1.29 is 76.0 Å². The molecular formula is C101H127ClN9O16PS8Si. The van der Waals surface area contributed by atoms with E-state index in [2.05, 4.69) is 133 Å². The van der Waals surface area contributed by atoms with E-state index in [1.807, 2.05) is 174 Å². The molecule has 0 aromatic heterocycles. The summed E-state index contributed by atoms with van der Waals surface area (Å²) in [5.41, 5.74) is 20.6. The molecule has 36 heteroatoms. The van der Waals surface area contributed by atoms with Gasteiger partial charge in [0.25, 0.3) is 5.91 Å². The lowest BCUT2D eigenvalue weighted by Gasteiger charge is -2.45. The van der Waals surface area contributed by atoms with E-state index in [4.69, 9.17) is 50.0 Å². The van der Waals surface area contributed by atoms with E-state index in [1.165, 1.54) is 28.7 Å². The predicted molar refractivity (Wildman–Crippen MR) is 564 cm³/mol. The fourth-order valence-corrected chi connectivity index (χ4v) is 31.5. The second-order valence-electron chi connectivity index (χ2n) is 38.6. The molecule has 3 aliphatic carbocycles. The lowest BCUT2D eigenvalue weighted by Crippen LogP contribution is -2.62. The van der Waals surface area contributed by atoms with E-state index in [0.717, 1.165) is 61.3 Å². The minimum atomic E-state index is -2.45. The molecule has 1 saturated carbocycles.